The van der Waals surface area contributed by atoms with E-state index in [1.807, 2.05) is 32.0 Å². The van der Waals surface area contributed by atoms with E-state index < -0.39 is 5.91 Å². The van der Waals surface area contributed by atoms with Gasteiger partial charge in [-0.25, -0.2) is 0 Å². The van der Waals surface area contributed by atoms with Crippen molar-refractivity contribution in [3.8, 4) is 17.6 Å². The Morgan fingerprint density at radius 2 is 2.08 bits per heavy atom. The van der Waals surface area contributed by atoms with Gasteiger partial charge in [-0.05, 0) is 54.8 Å². The van der Waals surface area contributed by atoms with Crippen LogP contribution in [0.5, 0.6) is 11.5 Å². The molecule has 2 rings (SSSR count). The molecule has 5 nitrogen and oxygen atoms in total. The molecule has 0 bridgehead atoms. The third kappa shape index (κ3) is 4.20. The highest BCUT2D eigenvalue weighted by atomic mass is 79.9. The van der Waals surface area contributed by atoms with E-state index in [9.17, 15) is 15.2 Å². The number of ether oxygens (including phenoxy) is 1. The molecule has 0 fully saturated rings. The molecule has 2 N–H and O–H groups in total. The molecule has 0 spiro atoms. The number of rotatable bonds is 4. The number of nitrogens with one attached hydrogen (secondary N) is 1. The second-order valence-corrected chi connectivity index (χ2v) is 6.27. The van der Waals surface area contributed by atoms with Crippen molar-refractivity contribution in [2.24, 2.45) is 0 Å². The van der Waals surface area contributed by atoms with E-state index in [-0.39, 0.29) is 17.1 Å². The lowest BCUT2D eigenvalue weighted by Gasteiger charge is -2.10. The average molecular weight is 401 g/mol. The number of amides is 1. The molecule has 1 amide bonds. The number of aromatic hydroxyl groups is 1. The van der Waals surface area contributed by atoms with Crippen molar-refractivity contribution in [2.75, 3.05) is 12.4 Å². The molecule has 0 atom stereocenters. The largest absolute Gasteiger partial charge is 0.504 e. The molecule has 0 aromatic heterocycles. The van der Waals surface area contributed by atoms with Crippen LogP contribution in [0.15, 0.2) is 40.4 Å². The molecule has 0 aliphatic carbocycles. The molecule has 6 heteroatoms. The van der Waals surface area contributed by atoms with Crippen LogP contribution in [0, 0.1) is 25.2 Å². The minimum Gasteiger partial charge on any atom is -0.504 e. The van der Waals surface area contributed by atoms with Gasteiger partial charge in [0.15, 0.2) is 11.5 Å². The van der Waals surface area contributed by atoms with Crippen LogP contribution in [0.1, 0.15) is 16.7 Å². The summed E-state index contributed by atoms with van der Waals surface area (Å²) in [5.74, 6) is -0.290. The van der Waals surface area contributed by atoms with E-state index in [0.29, 0.717) is 15.7 Å². The molecule has 0 aliphatic rings. The first-order valence-corrected chi connectivity index (χ1v) is 8.22. The molecule has 128 valence electrons. The topological polar surface area (TPSA) is 82.3 Å². The smallest absolute Gasteiger partial charge is 0.266 e. The van der Waals surface area contributed by atoms with Crippen LogP contribution in [0.2, 0.25) is 0 Å². The number of phenolic OH excluding ortho intramolecular Hbond substituents is 1. The van der Waals surface area contributed by atoms with Crippen LogP contribution >= 0.6 is 15.9 Å². The predicted molar refractivity (Wildman–Crippen MR) is 100 cm³/mol. The Morgan fingerprint density at radius 3 is 2.72 bits per heavy atom. The average Bonchev–Trinajstić information content (AvgIpc) is 2.58. The fourth-order valence-electron chi connectivity index (χ4n) is 2.21. The van der Waals surface area contributed by atoms with E-state index >= 15 is 0 Å². The van der Waals surface area contributed by atoms with Gasteiger partial charge in [0, 0.05) is 10.2 Å². The third-order valence-electron chi connectivity index (χ3n) is 3.82. The summed E-state index contributed by atoms with van der Waals surface area (Å²) >= 11 is 3.30. The summed E-state index contributed by atoms with van der Waals surface area (Å²) in [5.41, 5.74) is 3.14. The third-order valence-corrected chi connectivity index (χ3v) is 4.50. The zero-order valence-corrected chi connectivity index (χ0v) is 15.6. The first-order chi connectivity index (χ1) is 11.9. The number of phenols is 1. The maximum absolute atomic E-state index is 12.4. The fraction of sp³-hybridized carbons (Fsp3) is 0.158. The SMILES string of the molecule is COc1cc(/C=C(\C#N)C(=O)Nc2cccc(C)c2C)c(Br)cc1O. The van der Waals surface area contributed by atoms with Crippen LogP contribution < -0.4 is 10.1 Å². The zero-order chi connectivity index (χ0) is 18.6. The maximum atomic E-state index is 12.4. The van der Waals surface area contributed by atoms with Crippen LogP contribution in [0.4, 0.5) is 5.69 Å². The second-order valence-electron chi connectivity index (χ2n) is 5.42. The van der Waals surface area contributed by atoms with Crippen LogP contribution in [0.25, 0.3) is 6.08 Å². The Morgan fingerprint density at radius 1 is 1.36 bits per heavy atom. The summed E-state index contributed by atoms with van der Waals surface area (Å²) in [7, 11) is 1.43. The van der Waals surface area contributed by atoms with Gasteiger partial charge >= 0.3 is 0 Å². The molecule has 2 aromatic rings. The highest BCUT2D eigenvalue weighted by Crippen LogP contribution is 2.33. The van der Waals surface area contributed by atoms with Gasteiger partial charge in [0.05, 0.1) is 7.11 Å². The molecule has 0 saturated heterocycles. The van der Waals surface area contributed by atoms with Gasteiger partial charge < -0.3 is 15.2 Å². The van der Waals surface area contributed by atoms with Crippen molar-refractivity contribution in [3.63, 3.8) is 0 Å². The van der Waals surface area contributed by atoms with E-state index in [2.05, 4.69) is 21.2 Å². The molecule has 0 radical (unpaired) electrons. The standard InChI is InChI=1S/C19H17BrN2O3/c1-11-5-4-6-16(12(11)2)22-19(24)14(10-21)7-13-8-18(25-3)17(23)9-15(13)20/h4-9,23H,1-3H3,(H,22,24)/b14-7+. The van der Waals surface area contributed by atoms with Crippen molar-refractivity contribution < 1.29 is 14.6 Å². The number of hydrogen-bond donors (Lipinski definition) is 2. The summed E-state index contributed by atoms with van der Waals surface area (Å²) < 4.78 is 5.60. The lowest BCUT2D eigenvalue weighted by atomic mass is 10.1. The predicted octanol–water partition coefficient (Wildman–Crippen LogP) is 4.33. The number of hydrogen-bond acceptors (Lipinski definition) is 4. The van der Waals surface area contributed by atoms with Gasteiger partial charge in [-0.3, -0.25) is 4.79 Å². The summed E-state index contributed by atoms with van der Waals surface area (Å²) in [6.45, 7) is 3.86. The number of nitrogens with zero attached hydrogens (tertiary/aromatic N) is 1. The Kier molecular flexibility index (Phi) is 5.84. The van der Waals surface area contributed by atoms with Gasteiger partial charge in [-0.2, -0.15) is 5.26 Å². The summed E-state index contributed by atoms with van der Waals surface area (Å²) in [5, 5.41) is 21.9. The molecular formula is C19H17BrN2O3. The Bertz CT molecular complexity index is 898. The normalized spacial score (nSPS) is 10.9. The van der Waals surface area contributed by atoms with Gasteiger partial charge in [0.25, 0.3) is 5.91 Å². The summed E-state index contributed by atoms with van der Waals surface area (Å²) in [6, 6.07) is 10.5. The number of halogens is 1. The van der Waals surface area contributed by atoms with Crippen molar-refractivity contribution in [1.29, 1.82) is 5.26 Å². The molecule has 0 heterocycles. The number of methoxy groups -OCH3 is 1. The van der Waals surface area contributed by atoms with E-state index in [4.69, 9.17) is 4.74 Å². The Hall–Kier alpha value is -2.78. The second kappa shape index (κ2) is 7.86. The number of anilines is 1. The highest BCUT2D eigenvalue weighted by Gasteiger charge is 2.14. The lowest BCUT2D eigenvalue weighted by Crippen LogP contribution is -2.14. The van der Waals surface area contributed by atoms with Crippen LogP contribution in [-0.4, -0.2) is 18.1 Å². The first kappa shape index (κ1) is 18.6. The van der Waals surface area contributed by atoms with Gasteiger partial charge in [-0.1, -0.05) is 28.1 Å². The first-order valence-electron chi connectivity index (χ1n) is 7.43. The minimum absolute atomic E-state index is 0.0372. The molecule has 0 unspecified atom stereocenters. The zero-order valence-electron chi connectivity index (χ0n) is 14.1. The van der Waals surface area contributed by atoms with Gasteiger partial charge in [-0.15, -0.1) is 0 Å². The van der Waals surface area contributed by atoms with E-state index in [1.165, 1.54) is 19.3 Å². The number of carbonyl (C=O) groups is 1. The van der Waals surface area contributed by atoms with Gasteiger partial charge in [0.2, 0.25) is 0 Å². The fourth-order valence-corrected chi connectivity index (χ4v) is 2.66. The van der Waals surface area contributed by atoms with Crippen LogP contribution in [-0.2, 0) is 4.79 Å². The van der Waals surface area contributed by atoms with Crippen molar-refractivity contribution in [1.82, 2.24) is 0 Å². The van der Waals surface area contributed by atoms with Crippen LogP contribution in [0.3, 0.4) is 0 Å². The number of aryl methyl sites for hydroxylation is 1. The van der Waals surface area contributed by atoms with Crippen molar-refractivity contribution >= 4 is 33.6 Å². The Labute approximate surface area is 154 Å². The van der Waals surface area contributed by atoms with Crippen molar-refractivity contribution in [2.45, 2.75) is 13.8 Å². The lowest BCUT2D eigenvalue weighted by molar-refractivity contribution is -0.112. The van der Waals surface area contributed by atoms with Crippen molar-refractivity contribution in [3.05, 3.63) is 57.1 Å². The monoisotopic (exact) mass is 400 g/mol. The molecule has 25 heavy (non-hydrogen) atoms. The quantitative estimate of drug-likeness (QED) is 0.590. The van der Waals surface area contributed by atoms with E-state index in [0.717, 1.165) is 11.1 Å². The Balaban J connectivity index is 2.36. The summed E-state index contributed by atoms with van der Waals surface area (Å²) in [4.78, 5) is 12.4. The molecule has 0 saturated carbocycles. The molecular weight excluding hydrogens is 384 g/mol. The highest BCUT2D eigenvalue weighted by molar-refractivity contribution is 9.10. The molecule has 2 aromatic carbocycles. The van der Waals surface area contributed by atoms with E-state index in [1.54, 1.807) is 12.1 Å². The minimum atomic E-state index is -0.504. The maximum Gasteiger partial charge on any atom is 0.266 e. The number of carbonyl (C=O) groups excluding carboxylic acids is 1. The molecule has 0 aliphatic heterocycles. The van der Waals surface area contributed by atoms with Gasteiger partial charge in [0.1, 0.15) is 11.6 Å². The number of nitriles is 1. The number of benzene rings is 2. The summed E-state index contributed by atoms with van der Waals surface area (Å²) in [6.07, 6.45) is 1.44.